The smallest absolute Gasteiger partial charge is 0.203 e. The quantitative estimate of drug-likeness (QED) is 0.820. The molecule has 0 amide bonds. The van der Waals surface area contributed by atoms with Gasteiger partial charge in [-0.3, -0.25) is 0 Å². The summed E-state index contributed by atoms with van der Waals surface area (Å²) in [4.78, 5) is 0. The van der Waals surface area contributed by atoms with Gasteiger partial charge in [-0.15, -0.1) is 20.4 Å². The van der Waals surface area contributed by atoms with Crippen LogP contribution in [0.5, 0.6) is 5.75 Å². The van der Waals surface area contributed by atoms with Gasteiger partial charge >= 0.3 is 0 Å². The predicted octanol–water partition coefficient (Wildman–Crippen LogP) is 0.786. The zero-order chi connectivity index (χ0) is 11.4. The van der Waals surface area contributed by atoms with Crippen LogP contribution in [0.2, 0.25) is 0 Å². The van der Waals surface area contributed by atoms with E-state index < -0.39 is 0 Å². The first-order valence-corrected chi connectivity index (χ1v) is 4.64. The van der Waals surface area contributed by atoms with E-state index in [9.17, 15) is 0 Å². The van der Waals surface area contributed by atoms with Crippen molar-refractivity contribution in [2.24, 2.45) is 0 Å². The van der Waals surface area contributed by atoms with E-state index in [0.29, 0.717) is 11.6 Å². The SMILES string of the molecule is COCc1nnc(-c2ccc(O)cc2)nn1. The van der Waals surface area contributed by atoms with Gasteiger partial charge in [-0.25, -0.2) is 0 Å². The molecule has 0 fully saturated rings. The number of phenolic OH excluding ortho intramolecular Hbond substituents is 1. The third kappa shape index (κ3) is 2.29. The zero-order valence-electron chi connectivity index (χ0n) is 8.66. The van der Waals surface area contributed by atoms with E-state index >= 15 is 0 Å². The number of hydrogen-bond donors (Lipinski definition) is 1. The summed E-state index contributed by atoms with van der Waals surface area (Å²) in [5.74, 6) is 1.05. The molecule has 0 saturated heterocycles. The van der Waals surface area contributed by atoms with E-state index in [1.807, 2.05) is 0 Å². The third-order valence-corrected chi connectivity index (χ3v) is 1.92. The summed E-state index contributed by atoms with van der Waals surface area (Å²) in [5.41, 5.74) is 0.752. The minimum absolute atomic E-state index is 0.195. The van der Waals surface area contributed by atoms with E-state index in [4.69, 9.17) is 9.84 Å². The molecule has 0 aliphatic carbocycles. The van der Waals surface area contributed by atoms with E-state index in [2.05, 4.69) is 20.4 Å². The third-order valence-electron chi connectivity index (χ3n) is 1.92. The molecule has 0 aliphatic rings. The fourth-order valence-electron chi connectivity index (χ4n) is 1.16. The lowest BCUT2D eigenvalue weighted by Gasteiger charge is -1.99. The van der Waals surface area contributed by atoms with Crippen LogP contribution in [-0.4, -0.2) is 32.6 Å². The van der Waals surface area contributed by atoms with Gasteiger partial charge in [-0.1, -0.05) is 0 Å². The average molecular weight is 218 g/mol. The van der Waals surface area contributed by atoms with Crippen LogP contribution in [0.4, 0.5) is 0 Å². The van der Waals surface area contributed by atoms with Gasteiger partial charge in [0.2, 0.25) is 5.82 Å². The maximum atomic E-state index is 9.13. The molecule has 0 aliphatic heterocycles. The van der Waals surface area contributed by atoms with E-state index in [0.717, 1.165) is 5.56 Å². The topological polar surface area (TPSA) is 81.0 Å². The van der Waals surface area contributed by atoms with Crippen molar-refractivity contribution >= 4 is 0 Å². The van der Waals surface area contributed by atoms with Crippen molar-refractivity contribution in [2.75, 3.05) is 7.11 Å². The van der Waals surface area contributed by atoms with E-state index in [-0.39, 0.29) is 12.4 Å². The Balaban J connectivity index is 2.24. The first kappa shape index (κ1) is 10.4. The van der Waals surface area contributed by atoms with Crippen LogP contribution >= 0.6 is 0 Å². The summed E-state index contributed by atoms with van der Waals surface area (Å²) in [6.07, 6.45) is 0. The van der Waals surface area contributed by atoms with Crippen molar-refractivity contribution in [3.8, 4) is 17.1 Å². The second-order valence-corrected chi connectivity index (χ2v) is 3.12. The van der Waals surface area contributed by atoms with Gasteiger partial charge in [0.1, 0.15) is 12.4 Å². The molecule has 1 N–H and O–H groups in total. The number of rotatable bonds is 3. The van der Waals surface area contributed by atoms with Crippen LogP contribution in [0, 0.1) is 0 Å². The molecule has 0 unspecified atom stereocenters. The molecular weight excluding hydrogens is 208 g/mol. The van der Waals surface area contributed by atoms with Gasteiger partial charge in [-0.2, -0.15) is 0 Å². The Labute approximate surface area is 91.9 Å². The second-order valence-electron chi connectivity index (χ2n) is 3.12. The van der Waals surface area contributed by atoms with Gasteiger partial charge in [0.25, 0.3) is 0 Å². The summed E-state index contributed by atoms with van der Waals surface area (Å²) in [5, 5.41) is 24.7. The lowest BCUT2D eigenvalue weighted by atomic mass is 10.2. The highest BCUT2D eigenvalue weighted by atomic mass is 16.5. The van der Waals surface area contributed by atoms with Crippen LogP contribution in [0.15, 0.2) is 24.3 Å². The molecule has 2 aromatic rings. The van der Waals surface area contributed by atoms with E-state index in [1.54, 1.807) is 31.4 Å². The largest absolute Gasteiger partial charge is 0.508 e. The molecule has 1 aromatic carbocycles. The molecule has 6 heteroatoms. The molecule has 0 spiro atoms. The van der Waals surface area contributed by atoms with Gasteiger partial charge in [-0.05, 0) is 24.3 Å². The molecule has 1 heterocycles. The first-order chi connectivity index (χ1) is 7.79. The number of aromatic nitrogens is 4. The molecule has 0 atom stereocenters. The monoisotopic (exact) mass is 218 g/mol. The van der Waals surface area contributed by atoms with Crippen LogP contribution in [-0.2, 0) is 11.3 Å². The Hall–Kier alpha value is -2.08. The molecule has 1 aromatic heterocycles. The average Bonchev–Trinajstić information content (AvgIpc) is 2.32. The second kappa shape index (κ2) is 4.63. The van der Waals surface area contributed by atoms with Gasteiger partial charge in [0.05, 0.1) is 0 Å². The molecule has 0 bridgehead atoms. The number of nitrogens with zero attached hydrogens (tertiary/aromatic N) is 4. The molecular formula is C10H10N4O2. The summed E-state index contributed by atoms with van der Waals surface area (Å²) in [7, 11) is 1.55. The number of hydrogen-bond acceptors (Lipinski definition) is 6. The Kier molecular flexibility index (Phi) is 3.02. The van der Waals surface area contributed by atoms with Crippen molar-refractivity contribution in [1.82, 2.24) is 20.4 Å². The number of aromatic hydroxyl groups is 1. The summed E-state index contributed by atoms with van der Waals surface area (Å²) in [6.45, 7) is 0.288. The van der Waals surface area contributed by atoms with Crippen LogP contribution in [0.1, 0.15) is 5.82 Å². The number of benzene rings is 1. The standard InChI is InChI=1S/C10H10N4O2/c1-16-6-9-11-13-10(14-12-9)7-2-4-8(15)5-3-7/h2-5,15H,6H2,1H3. The van der Waals surface area contributed by atoms with E-state index in [1.165, 1.54) is 0 Å². The Morgan fingerprint density at radius 2 is 1.69 bits per heavy atom. The van der Waals surface area contributed by atoms with Crippen molar-refractivity contribution in [3.63, 3.8) is 0 Å². The Morgan fingerprint density at radius 1 is 1.06 bits per heavy atom. The van der Waals surface area contributed by atoms with Crippen molar-refractivity contribution in [1.29, 1.82) is 0 Å². The highest BCUT2D eigenvalue weighted by Gasteiger charge is 2.03. The maximum absolute atomic E-state index is 9.13. The lowest BCUT2D eigenvalue weighted by Crippen LogP contribution is -2.03. The van der Waals surface area contributed by atoms with Crippen LogP contribution < -0.4 is 0 Å². The van der Waals surface area contributed by atoms with Gasteiger partial charge < -0.3 is 9.84 Å². The molecule has 16 heavy (non-hydrogen) atoms. The van der Waals surface area contributed by atoms with Gasteiger partial charge in [0.15, 0.2) is 5.82 Å². The lowest BCUT2D eigenvalue weighted by molar-refractivity contribution is 0.175. The van der Waals surface area contributed by atoms with Crippen molar-refractivity contribution < 1.29 is 9.84 Å². The summed E-state index contributed by atoms with van der Waals surface area (Å²) >= 11 is 0. The molecule has 82 valence electrons. The number of phenols is 1. The van der Waals surface area contributed by atoms with Crippen molar-refractivity contribution in [3.05, 3.63) is 30.1 Å². The molecule has 2 rings (SSSR count). The Bertz CT molecular complexity index is 455. The summed E-state index contributed by atoms with van der Waals surface area (Å²) in [6, 6.07) is 6.51. The molecule has 0 saturated carbocycles. The predicted molar refractivity (Wildman–Crippen MR) is 55.4 cm³/mol. The fourth-order valence-corrected chi connectivity index (χ4v) is 1.16. The van der Waals surface area contributed by atoms with Gasteiger partial charge in [0, 0.05) is 12.7 Å². The maximum Gasteiger partial charge on any atom is 0.203 e. The Morgan fingerprint density at radius 3 is 2.25 bits per heavy atom. The normalized spacial score (nSPS) is 10.3. The fraction of sp³-hybridized carbons (Fsp3) is 0.200. The highest BCUT2D eigenvalue weighted by Crippen LogP contribution is 2.16. The van der Waals surface area contributed by atoms with Crippen LogP contribution in [0.3, 0.4) is 0 Å². The highest BCUT2D eigenvalue weighted by molar-refractivity contribution is 5.54. The molecule has 6 nitrogen and oxygen atoms in total. The molecule has 0 radical (unpaired) electrons. The number of ether oxygens (including phenoxy) is 1. The minimum Gasteiger partial charge on any atom is -0.508 e. The zero-order valence-corrected chi connectivity index (χ0v) is 8.66. The summed E-state index contributed by atoms with van der Waals surface area (Å²) < 4.78 is 4.85. The number of methoxy groups -OCH3 is 1. The van der Waals surface area contributed by atoms with Crippen molar-refractivity contribution in [2.45, 2.75) is 6.61 Å². The van der Waals surface area contributed by atoms with Crippen LogP contribution in [0.25, 0.3) is 11.4 Å². The minimum atomic E-state index is 0.195. The first-order valence-electron chi connectivity index (χ1n) is 4.64.